The summed E-state index contributed by atoms with van der Waals surface area (Å²) in [5.74, 6) is -0.0771. The Morgan fingerprint density at radius 2 is 1.84 bits per heavy atom. The van der Waals surface area contributed by atoms with Crippen molar-refractivity contribution in [3.8, 4) is 0 Å². The van der Waals surface area contributed by atoms with Crippen molar-refractivity contribution in [2.24, 2.45) is 11.8 Å². The van der Waals surface area contributed by atoms with Crippen molar-refractivity contribution in [2.45, 2.75) is 57.2 Å². The molecule has 7 heteroatoms. The molecule has 3 rings (SSSR count). The Bertz CT molecular complexity index is 783. The van der Waals surface area contributed by atoms with Gasteiger partial charge in [-0.3, -0.25) is 9.59 Å². The summed E-state index contributed by atoms with van der Waals surface area (Å²) in [5.41, 5.74) is 1.12. The fourth-order valence-electron chi connectivity index (χ4n) is 4.54. The van der Waals surface area contributed by atoms with Crippen molar-refractivity contribution >= 4 is 29.1 Å². The summed E-state index contributed by atoms with van der Waals surface area (Å²) in [6.45, 7) is 0.798. The van der Waals surface area contributed by atoms with Crippen molar-refractivity contribution < 1.29 is 19.4 Å². The number of allylic oxidation sites excluding steroid dienone is 2. The second-order valence-electron chi connectivity index (χ2n) is 8.35. The molecule has 0 spiro atoms. The first-order chi connectivity index (χ1) is 15.0. The third kappa shape index (κ3) is 7.43. The van der Waals surface area contributed by atoms with E-state index in [1.54, 1.807) is 0 Å². The van der Waals surface area contributed by atoms with Gasteiger partial charge in [-0.15, -0.1) is 0 Å². The number of hydrogen-bond acceptors (Lipinski definition) is 4. The monoisotopic (exact) mass is 444 g/mol. The average Bonchev–Trinajstić information content (AvgIpc) is 3.35. The molecular weight excluding hydrogens is 412 g/mol. The van der Waals surface area contributed by atoms with Gasteiger partial charge in [0.2, 0.25) is 5.91 Å². The quantitative estimate of drug-likeness (QED) is 0.261. The van der Waals surface area contributed by atoms with E-state index in [1.165, 1.54) is 0 Å². The van der Waals surface area contributed by atoms with E-state index < -0.39 is 5.97 Å². The van der Waals surface area contributed by atoms with Gasteiger partial charge in [-0.1, -0.05) is 54.7 Å². The van der Waals surface area contributed by atoms with Crippen LogP contribution in [-0.2, 0) is 20.7 Å². The van der Waals surface area contributed by atoms with E-state index in [0.717, 1.165) is 31.2 Å². The lowest BCUT2D eigenvalue weighted by Crippen LogP contribution is -2.42. The number of amides is 1. The Morgan fingerprint density at radius 3 is 2.58 bits per heavy atom. The summed E-state index contributed by atoms with van der Waals surface area (Å²) in [4.78, 5) is 23.6. The van der Waals surface area contributed by atoms with Gasteiger partial charge in [-0.25, -0.2) is 0 Å². The number of aliphatic carboxylic acids is 1. The van der Waals surface area contributed by atoms with Crippen LogP contribution in [0.4, 0.5) is 0 Å². The Labute approximate surface area is 189 Å². The van der Waals surface area contributed by atoms with E-state index in [0.29, 0.717) is 36.2 Å². The lowest BCUT2D eigenvalue weighted by Gasteiger charge is -2.27. The molecular formula is C24H32N2O4S. The highest BCUT2D eigenvalue weighted by atomic mass is 32.1. The molecule has 0 aliphatic carbocycles. The van der Waals surface area contributed by atoms with Crippen molar-refractivity contribution in [3.05, 3.63) is 48.0 Å². The fraction of sp³-hybridized carbons (Fsp3) is 0.542. The molecule has 6 nitrogen and oxygen atoms in total. The highest BCUT2D eigenvalue weighted by Crippen LogP contribution is 2.44. The van der Waals surface area contributed by atoms with Crippen LogP contribution in [0.15, 0.2) is 42.5 Å². The number of carbonyl (C=O) groups is 2. The third-order valence-electron chi connectivity index (χ3n) is 6.12. The minimum Gasteiger partial charge on any atom is -0.481 e. The lowest BCUT2D eigenvalue weighted by atomic mass is 9.77. The number of hydrogen-bond donors (Lipinski definition) is 3. The van der Waals surface area contributed by atoms with Crippen molar-refractivity contribution in [1.29, 1.82) is 0 Å². The van der Waals surface area contributed by atoms with Gasteiger partial charge in [-0.05, 0) is 43.6 Å². The maximum Gasteiger partial charge on any atom is 0.303 e. The SMILES string of the molecule is O=C(O)CCC/C=C\C[C@@H]1C(CNC(=O)CNC(=S)Cc2ccccc2)[C@H]2CC[C@@H]1O2. The zero-order valence-corrected chi connectivity index (χ0v) is 18.6. The fourth-order valence-corrected chi connectivity index (χ4v) is 4.78. The van der Waals surface area contributed by atoms with Gasteiger partial charge >= 0.3 is 5.97 Å². The van der Waals surface area contributed by atoms with Crippen molar-refractivity contribution in [2.75, 3.05) is 13.1 Å². The summed E-state index contributed by atoms with van der Waals surface area (Å²) < 4.78 is 6.10. The van der Waals surface area contributed by atoms with E-state index in [1.807, 2.05) is 30.3 Å². The highest BCUT2D eigenvalue weighted by molar-refractivity contribution is 7.80. The predicted octanol–water partition coefficient (Wildman–Crippen LogP) is 3.26. The van der Waals surface area contributed by atoms with Gasteiger partial charge in [-0.2, -0.15) is 0 Å². The first-order valence-electron chi connectivity index (χ1n) is 11.1. The highest BCUT2D eigenvalue weighted by Gasteiger charge is 2.47. The number of benzene rings is 1. The Kier molecular flexibility index (Phi) is 9.03. The molecule has 1 aromatic rings. The number of fused-ring (bicyclic) bond motifs is 2. The molecule has 2 bridgehead atoms. The van der Waals surface area contributed by atoms with Crippen molar-refractivity contribution in [1.82, 2.24) is 10.6 Å². The molecule has 1 amide bonds. The average molecular weight is 445 g/mol. The molecule has 2 fully saturated rings. The van der Waals surface area contributed by atoms with Crippen LogP contribution in [0.25, 0.3) is 0 Å². The molecule has 0 radical (unpaired) electrons. The largest absolute Gasteiger partial charge is 0.481 e. The van der Waals surface area contributed by atoms with Crippen LogP contribution in [0, 0.1) is 11.8 Å². The lowest BCUT2D eigenvalue weighted by molar-refractivity contribution is -0.137. The van der Waals surface area contributed by atoms with Gasteiger partial charge < -0.3 is 20.5 Å². The number of carboxylic acids is 1. The minimum atomic E-state index is -0.749. The van der Waals surface area contributed by atoms with Gasteiger partial charge in [0.1, 0.15) is 0 Å². The Balaban J connectivity index is 1.37. The van der Waals surface area contributed by atoms with E-state index >= 15 is 0 Å². The molecule has 168 valence electrons. The predicted molar refractivity (Wildman–Crippen MR) is 124 cm³/mol. The summed E-state index contributed by atoms with van der Waals surface area (Å²) >= 11 is 5.35. The smallest absolute Gasteiger partial charge is 0.303 e. The molecule has 0 aromatic heterocycles. The minimum absolute atomic E-state index is 0.0545. The van der Waals surface area contributed by atoms with Crippen LogP contribution in [0.5, 0.6) is 0 Å². The number of ether oxygens (including phenoxy) is 1. The normalized spacial score (nSPS) is 24.4. The molecule has 2 saturated heterocycles. The molecule has 1 unspecified atom stereocenters. The van der Waals surface area contributed by atoms with E-state index in [9.17, 15) is 9.59 Å². The van der Waals surface area contributed by atoms with E-state index in [2.05, 4.69) is 22.8 Å². The Hall–Kier alpha value is -2.25. The first kappa shape index (κ1) is 23.4. The molecule has 0 saturated carbocycles. The zero-order valence-electron chi connectivity index (χ0n) is 17.8. The van der Waals surface area contributed by atoms with Crippen LogP contribution in [0.3, 0.4) is 0 Å². The Morgan fingerprint density at radius 1 is 1.10 bits per heavy atom. The molecule has 4 atom stereocenters. The van der Waals surface area contributed by atoms with Crippen LogP contribution in [-0.4, -0.2) is 47.3 Å². The molecule has 3 N–H and O–H groups in total. The second-order valence-corrected chi connectivity index (χ2v) is 8.85. The van der Waals surface area contributed by atoms with Crippen LogP contribution in [0.2, 0.25) is 0 Å². The first-order valence-corrected chi connectivity index (χ1v) is 11.5. The maximum absolute atomic E-state index is 12.3. The van der Waals surface area contributed by atoms with Gasteiger partial charge in [0.15, 0.2) is 0 Å². The van der Waals surface area contributed by atoms with Crippen LogP contribution >= 0.6 is 12.2 Å². The maximum atomic E-state index is 12.3. The van der Waals surface area contributed by atoms with Gasteiger partial charge in [0.05, 0.1) is 23.7 Å². The number of nitrogens with one attached hydrogen (secondary N) is 2. The standard InChI is InChI=1S/C24H32N2O4S/c27-22(16-26-23(31)14-17-8-4-3-5-9-17)25-15-19-18(20-12-13-21(19)30-20)10-6-1-2-7-11-24(28)29/h1,3-6,8-9,18-21H,2,7,10-16H2,(H,25,27)(H,26,31)(H,28,29)/b6-1-/t18-,19?,20+,21-/m1/s1. The molecule has 31 heavy (non-hydrogen) atoms. The number of carboxylic acid groups (broad SMARTS) is 1. The molecule has 2 aliphatic heterocycles. The molecule has 2 heterocycles. The molecule has 2 aliphatic rings. The molecule has 1 aromatic carbocycles. The van der Waals surface area contributed by atoms with Crippen LogP contribution in [0.1, 0.15) is 44.1 Å². The summed E-state index contributed by atoms with van der Waals surface area (Å²) in [7, 11) is 0. The summed E-state index contributed by atoms with van der Waals surface area (Å²) in [6, 6.07) is 9.95. The zero-order chi connectivity index (χ0) is 22.1. The van der Waals surface area contributed by atoms with Gasteiger partial charge in [0.25, 0.3) is 0 Å². The number of thiocarbonyl (C=S) groups is 1. The van der Waals surface area contributed by atoms with Gasteiger partial charge in [0, 0.05) is 25.3 Å². The number of carbonyl (C=O) groups excluding carboxylic acids is 1. The number of unbranched alkanes of at least 4 members (excludes halogenated alkanes) is 1. The van der Waals surface area contributed by atoms with Crippen LogP contribution < -0.4 is 10.6 Å². The van der Waals surface area contributed by atoms with E-state index in [-0.39, 0.29) is 31.1 Å². The summed E-state index contributed by atoms with van der Waals surface area (Å²) in [5, 5.41) is 14.8. The van der Waals surface area contributed by atoms with E-state index in [4.69, 9.17) is 22.1 Å². The third-order valence-corrected chi connectivity index (χ3v) is 6.40. The number of rotatable bonds is 12. The topological polar surface area (TPSA) is 87.7 Å². The second kappa shape index (κ2) is 12.0. The summed E-state index contributed by atoms with van der Waals surface area (Å²) in [6.07, 6.45) is 10.1. The van der Waals surface area contributed by atoms with Crippen molar-refractivity contribution in [3.63, 3.8) is 0 Å².